The molecule has 0 spiro atoms. The molecule has 0 saturated carbocycles. The number of benzene rings is 1. The van der Waals surface area contributed by atoms with Gasteiger partial charge in [-0.2, -0.15) is 5.26 Å². The molecule has 1 nitrogen and oxygen atoms in total. The third kappa shape index (κ3) is 2.71. The van der Waals surface area contributed by atoms with Crippen molar-refractivity contribution in [1.82, 2.24) is 0 Å². The quantitative estimate of drug-likeness (QED) is 0.728. The molecule has 0 N–H and O–H groups in total. The van der Waals surface area contributed by atoms with Crippen molar-refractivity contribution in [1.29, 1.82) is 5.26 Å². The fourth-order valence-electron chi connectivity index (χ4n) is 1.06. The summed E-state index contributed by atoms with van der Waals surface area (Å²) >= 11 is 3.33. The zero-order chi connectivity index (χ0) is 9.84. The minimum atomic E-state index is 0.704. The van der Waals surface area contributed by atoms with E-state index in [1.54, 1.807) is 0 Å². The highest BCUT2D eigenvalue weighted by Crippen LogP contribution is 2.18. The lowest BCUT2D eigenvalue weighted by Crippen LogP contribution is -1.82. The largest absolute Gasteiger partial charge is 0.192 e. The zero-order valence-electron chi connectivity index (χ0n) is 7.63. The second kappa shape index (κ2) is 4.25. The molecule has 66 valence electrons. The second-order valence-electron chi connectivity index (χ2n) is 3.07. The van der Waals surface area contributed by atoms with Gasteiger partial charge in [-0.15, -0.1) is 0 Å². The number of rotatable bonds is 1. The molecule has 1 rings (SSSR count). The van der Waals surface area contributed by atoms with Crippen molar-refractivity contribution in [3.05, 3.63) is 39.4 Å². The van der Waals surface area contributed by atoms with E-state index in [1.165, 1.54) is 5.57 Å². The van der Waals surface area contributed by atoms with Crippen LogP contribution in [0.4, 0.5) is 0 Å². The van der Waals surface area contributed by atoms with Gasteiger partial charge in [0.1, 0.15) is 0 Å². The predicted molar refractivity (Wildman–Crippen MR) is 58.2 cm³/mol. The summed E-state index contributed by atoms with van der Waals surface area (Å²) in [5, 5.41) is 8.86. The summed E-state index contributed by atoms with van der Waals surface area (Å²) in [6.07, 6.45) is 2.00. The van der Waals surface area contributed by atoms with Gasteiger partial charge in [0.25, 0.3) is 0 Å². The highest BCUT2D eigenvalue weighted by atomic mass is 79.9. The third-order valence-corrected chi connectivity index (χ3v) is 2.07. The summed E-state index contributed by atoms with van der Waals surface area (Å²) < 4.78 is 0.940. The Balaban J connectivity index is 3.24. The molecule has 0 bridgehead atoms. The van der Waals surface area contributed by atoms with E-state index in [2.05, 4.69) is 22.0 Å². The Kier molecular flexibility index (Phi) is 3.27. The summed E-state index contributed by atoms with van der Waals surface area (Å²) in [6.45, 7) is 4.03. The van der Waals surface area contributed by atoms with Gasteiger partial charge in [0, 0.05) is 4.47 Å². The molecule has 1 aromatic carbocycles. The van der Waals surface area contributed by atoms with Gasteiger partial charge in [0.05, 0.1) is 11.6 Å². The Bertz CT molecular complexity index is 382. The maximum atomic E-state index is 8.86. The van der Waals surface area contributed by atoms with Crippen molar-refractivity contribution >= 4 is 22.0 Å². The normalized spacial score (nSPS) is 9.08. The average molecular weight is 236 g/mol. The van der Waals surface area contributed by atoms with Crippen LogP contribution in [0.3, 0.4) is 0 Å². The lowest BCUT2D eigenvalue weighted by atomic mass is 10.1. The first kappa shape index (κ1) is 10.0. The first-order chi connectivity index (χ1) is 6.13. The molecular weight excluding hydrogens is 226 g/mol. The monoisotopic (exact) mass is 235 g/mol. The van der Waals surface area contributed by atoms with Crippen LogP contribution in [0.5, 0.6) is 0 Å². The molecule has 0 aliphatic heterocycles. The Labute approximate surface area is 86.8 Å². The molecule has 0 fully saturated rings. The molecule has 13 heavy (non-hydrogen) atoms. The number of hydrogen-bond donors (Lipinski definition) is 0. The smallest absolute Gasteiger partial charge is 0.0998 e. The van der Waals surface area contributed by atoms with Gasteiger partial charge < -0.3 is 0 Å². The Hall–Kier alpha value is -1.07. The molecule has 0 atom stereocenters. The van der Waals surface area contributed by atoms with Crippen LogP contribution < -0.4 is 0 Å². The molecule has 2 heteroatoms. The number of allylic oxidation sites excluding steroid dienone is 1. The van der Waals surface area contributed by atoms with E-state index >= 15 is 0 Å². The molecule has 0 aliphatic carbocycles. The first-order valence-electron chi connectivity index (χ1n) is 3.98. The van der Waals surface area contributed by atoms with E-state index in [0.29, 0.717) is 5.56 Å². The van der Waals surface area contributed by atoms with Crippen molar-refractivity contribution in [2.45, 2.75) is 13.8 Å². The molecule has 0 aliphatic rings. The summed E-state index contributed by atoms with van der Waals surface area (Å²) in [7, 11) is 0. The Morgan fingerprint density at radius 1 is 1.46 bits per heavy atom. The van der Waals surface area contributed by atoms with Crippen LogP contribution in [0, 0.1) is 11.3 Å². The topological polar surface area (TPSA) is 23.8 Å². The SMILES string of the molecule is CC(C)=Cc1ccc(Br)cc1C#N. The predicted octanol–water partition coefficient (Wildman–Crippen LogP) is 3.74. The van der Waals surface area contributed by atoms with E-state index < -0.39 is 0 Å². The highest BCUT2D eigenvalue weighted by molar-refractivity contribution is 9.10. The van der Waals surface area contributed by atoms with Gasteiger partial charge in [-0.25, -0.2) is 0 Å². The number of nitriles is 1. The van der Waals surface area contributed by atoms with Crippen LogP contribution in [-0.4, -0.2) is 0 Å². The van der Waals surface area contributed by atoms with E-state index in [-0.39, 0.29) is 0 Å². The van der Waals surface area contributed by atoms with Crippen LogP contribution in [0.25, 0.3) is 6.08 Å². The fourth-order valence-corrected chi connectivity index (χ4v) is 1.42. The Morgan fingerprint density at radius 3 is 2.69 bits per heavy atom. The highest BCUT2D eigenvalue weighted by Gasteiger charge is 1.98. The summed E-state index contributed by atoms with van der Waals surface area (Å²) in [5.74, 6) is 0. The average Bonchev–Trinajstić information content (AvgIpc) is 2.07. The van der Waals surface area contributed by atoms with Crippen molar-refractivity contribution in [3.8, 4) is 6.07 Å². The van der Waals surface area contributed by atoms with Crippen molar-refractivity contribution in [2.24, 2.45) is 0 Å². The summed E-state index contributed by atoms with van der Waals surface area (Å²) in [6, 6.07) is 7.88. The van der Waals surface area contributed by atoms with E-state index in [0.717, 1.165) is 10.0 Å². The molecule has 0 radical (unpaired) electrons. The van der Waals surface area contributed by atoms with Crippen molar-refractivity contribution in [3.63, 3.8) is 0 Å². The van der Waals surface area contributed by atoms with Crippen LogP contribution in [0.15, 0.2) is 28.2 Å². The maximum absolute atomic E-state index is 8.86. The van der Waals surface area contributed by atoms with Gasteiger partial charge in [0.15, 0.2) is 0 Å². The second-order valence-corrected chi connectivity index (χ2v) is 3.98. The fraction of sp³-hybridized carbons (Fsp3) is 0.182. The minimum absolute atomic E-state index is 0.704. The molecule has 1 aromatic rings. The molecule has 0 unspecified atom stereocenters. The van der Waals surface area contributed by atoms with Crippen LogP contribution in [0.1, 0.15) is 25.0 Å². The van der Waals surface area contributed by atoms with Gasteiger partial charge in [-0.3, -0.25) is 0 Å². The van der Waals surface area contributed by atoms with Gasteiger partial charge >= 0.3 is 0 Å². The zero-order valence-corrected chi connectivity index (χ0v) is 9.22. The maximum Gasteiger partial charge on any atom is 0.0998 e. The summed E-state index contributed by atoms with van der Waals surface area (Å²) in [5.41, 5.74) is 2.88. The van der Waals surface area contributed by atoms with Gasteiger partial charge in [-0.1, -0.05) is 33.6 Å². The van der Waals surface area contributed by atoms with E-state index in [1.807, 2.05) is 38.1 Å². The molecule has 0 amide bonds. The lowest BCUT2D eigenvalue weighted by Gasteiger charge is -1.99. The number of hydrogen-bond acceptors (Lipinski definition) is 1. The van der Waals surface area contributed by atoms with Crippen LogP contribution >= 0.6 is 15.9 Å². The van der Waals surface area contributed by atoms with Gasteiger partial charge in [-0.05, 0) is 31.5 Å². The molecule has 0 saturated heterocycles. The van der Waals surface area contributed by atoms with Crippen LogP contribution in [-0.2, 0) is 0 Å². The standard InChI is InChI=1S/C11H10BrN/c1-8(2)5-9-3-4-11(12)6-10(9)7-13/h3-6H,1-2H3. The number of halogens is 1. The van der Waals surface area contributed by atoms with Crippen molar-refractivity contribution in [2.75, 3.05) is 0 Å². The molecule has 0 aromatic heterocycles. The summed E-state index contributed by atoms with van der Waals surface area (Å²) in [4.78, 5) is 0. The first-order valence-corrected chi connectivity index (χ1v) is 4.77. The van der Waals surface area contributed by atoms with Crippen molar-refractivity contribution < 1.29 is 0 Å². The molecular formula is C11H10BrN. The molecule has 0 heterocycles. The number of nitrogens with zero attached hydrogens (tertiary/aromatic N) is 1. The van der Waals surface area contributed by atoms with Crippen LogP contribution in [0.2, 0.25) is 0 Å². The van der Waals surface area contributed by atoms with E-state index in [9.17, 15) is 0 Å². The Morgan fingerprint density at radius 2 is 2.15 bits per heavy atom. The lowest BCUT2D eigenvalue weighted by molar-refractivity contribution is 1.40. The third-order valence-electron chi connectivity index (χ3n) is 1.58. The van der Waals surface area contributed by atoms with Gasteiger partial charge in [0.2, 0.25) is 0 Å². The minimum Gasteiger partial charge on any atom is -0.192 e. The van der Waals surface area contributed by atoms with E-state index in [4.69, 9.17) is 5.26 Å².